The fourth-order valence-electron chi connectivity index (χ4n) is 3.58. The van der Waals surface area contributed by atoms with Crippen LogP contribution in [0.25, 0.3) is 0 Å². The van der Waals surface area contributed by atoms with Gasteiger partial charge in [-0.1, -0.05) is 23.7 Å². The SMILES string of the molecule is O=C(O)c1cnc(N2CCC3(CC2)CC3)nc1OCc1ccc(CO)c(Cl)c1. The van der Waals surface area contributed by atoms with E-state index in [4.69, 9.17) is 16.3 Å². The van der Waals surface area contributed by atoms with E-state index in [1.54, 1.807) is 18.2 Å². The Bertz CT molecular complexity index is 891. The Balaban J connectivity index is 1.51. The Morgan fingerprint density at radius 3 is 2.61 bits per heavy atom. The molecule has 2 heterocycles. The van der Waals surface area contributed by atoms with Crippen LogP contribution in [0.5, 0.6) is 5.88 Å². The van der Waals surface area contributed by atoms with Crippen LogP contribution >= 0.6 is 11.6 Å². The molecule has 1 spiro atoms. The van der Waals surface area contributed by atoms with Gasteiger partial charge in [0.2, 0.25) is 11.8 Å². The zero-order chi connectivity index (χ0) is 19.7. The molecule has 1 saturated carbocycles. The van der Waals surface area contributed by atoms with Gasteiger partial charge in [0, 0.05) is 18.1 Å². The number of halogens is 1. The third kappa shape index (κ3) is 3.91. The molecule has 2 aliphatic rings. The van der Waals surface area contributed by atoms with Crippen molar-refractivity contribution >= 4 is 23.5 Å². The molecule has 2 fully saturated rings. The molecule has 148 valence electrons. The number of ether oxygens (including phenoxy) is 1. The van der Waals surface area contributed by atoms with Crippen molar-refractivity contribution in [1.82, 2.24) is 9.97 Å². The van der Waals surface area contributed by atoms with E-state index in [1.807, 2.05) is 0 Å². The average molecular weight is 404 g/mol. The predicted molar refractivity (Wildman–Crippen MR) is 104 cm³/mol. The molecule has 1 aliphatic heterocycles. The first-order valence-corrected chi connectivity index (χ1v) is 9.74. The van der Waals surface area contributed by atoms with E-state index >= 15 is 0 Å². The normalized spacial score (nSPS) is 17.6. The van der Waals surface area contributed by atoms with E-state index in [0.717, 1.165) is 31.5 Å². The van der Waals surface area contributed by atoms with Crippen LogP contribution in [0, 0.1) is 5.41 Å². The first-order chi connectivity index (χ1) is 13.5. The minimum absolute atomic E-state index is 0.0477. The highest BCUT2D eigenvalue weighted by atomic mass is 35.5. The summed E-state index contributed by atoms with van der Waals surface area (Å²) in [7, 11) is 0. The maximum absolute atomic E-state index is 11.5. The number of carbonyl (C=O) groups is 1. The lowest BCUT2D eigenvalue weighted by atomic mass is 9.94. The molecule has 7 nitrogen and oxygen atoms in total. The fourth-order valence-corrected chi connectivity index (χ4v) is 3.85. The van der Waals surface area contributed by atoms with E-state index in [2.05, 4.69) is 14.9 Å². The maximum atomic E-state index is 11.5. The number of hydrogen-bond donors (Lipinski definition) is 2. The predicted octanol–water partition coefficient (Wildman–Crippen LogP) is 3.28. The van der Waals surface area contributed by atoms with Gasteiger partial charge in [-0.05, 0) is 48.3 Å². The number of aromatic carboxylic acids is 1. The van der Waals surface area contributed by atoms with Gasteiger partial charge in [0.15, 0.2) is 0 Å². The van der Waals surface area contributed by atoms with Crippen LogP contribution in [0.3, 0.4) is 0 Å². The quantitative estimate of drug-likeness (QED) is 0.764. The van der Waals surface area contributed by atoms with Gasteiger partial charge in [0.05, 0.1) is 12.8 Å². The van der Waals surface area contributed by atoms with Crippen LogP contribution in [0.2, 0.25) is 5.02 Å². The van der Waals surface area contributed by atoms with Gasteiger partial charge in [-0.2, -0.15) is 4.98 Å². The lowest BCUT2D eigenvalue weighted by Crippen LogP contribution is -2.35. The number of piperidine rings is 1. The molecule has 1 aromatic carbocycles. The Kier molecular flexibility index (Phi) is 5.12. The van der Waals surface area contributed by atoms with Crippen LogP contribution in [-0.2, 0) is 13.2 Å². The summed E-state index contributed by atoms with van der Waals surface area (Å²) in [6.07, 6.45) is 6.19. The summed E-state index contributed by atoms with van der Waals surface area (Å²) in [6, 6.07) is 5.18. The number of rotatable bonds is 6. The van der Waals surface area contributed by atoms with Crippen molar-refractivity contribution < 1.29 is 19.7 Å². The van der Waals surface area contributed by atoms with Gasteiger partial charge in [0.25, 0.3) is 0 Å². The van der Waals surface area contributed by atoms with Gasteiger partial charge in [-0.25, -0.2) is 9.78 Å². The zero-order valence-electron chi connectivity index (χ0n) is 15.4. The smallest absolute Gasteiger partial charge is 0.342 e. The maximum Gasteiger partial charge on any atom is 0.342 e. The van der Waals surface area contributed by atoms with E-state index < -0.39 is 5.97 Å². The largest absolute Gasteiger partial charge is 0.477 e. The minimum atomic E-state index is -1.13. The molecule has 0 radical (unpaired) electrons. The molecular formula is C20H22ClN3O4. The fraction of sp³-hybridized carbons (Fsp3) is 0.450. The molecule has 0 unspecified atom stereocenters. The van der Waals surface area contributed by atoms with Crippen LogP contribution in [0.4, 0.5) is 5.95 Å². The van der Waals surface area contributed by atoms with Crippen molar-refractivity contribution in [1.29, 1.82) is 0 Å². The molecule has 1 aromatic heterocycles. The van der Waals surface area contributed by atoms with Crippen molar-refractivity contribution in [3.8, 4) is 5.88 Å². The number of nitrogens with zero attached hydrogens (tertiary/aromatic N) is 3. The second kappa shape index (κ2) is 7.56. The second-order valence-electron chi connectivity index (χ2n) is 7.55. The number of anilines is 1. The molecule has 0 amide bonds. The Morgan fingerprint density at radius 1 is 1.25 bits per heavy atom. The van der Waals surface area contributed by atoms with Gasteiger partial charge >= 0.3 is 5.97 Å². The Hall–Kier alpha value is -2.38. The number of hydrogen-bond acceptors (Lipinski definition) is 6. The number of aromatic nitrogens is 2. The van der Waals surface area contributed by atoms with Crippen LogP contribution in [-0.4, -0.2) is 39.2 Å². The van der Waals surface area contributed by atoms with Crippen molar-refractivity contribution in [2.75, 3.05) is 18.0 Å². The summed E-state index contributed by atoms with van der Waals surface area (Å²) >= 11 is 6.11. The number of aliphatic hydroxyl groups is 1. The number of benzene rings is 1. The van der Waals surface area contributed by atoms with Crippen LogP contribution < -0.4 is 9.64 Å². The van der Waals surface area contributed by atoms with E-state index in [0.29, 0.717) is 21.9 Å². The first kappa shape index (κ1) is 19.0. The number of aliphatic hydroxyl groups excluding tert-OH is 1. The van der Waals surface area contributed by atoms with Crippen LogP contribution in [0.15, 0.2) is 24.4 Å². The highest BCUT2D eigenvalue weighted by molar-refractivity contribution is 6.31. The van der Waals surface area contributed by atoms with Crippen molar-refractivity contribution in [3.05, 3.63) is 46.1 Å². The monoisotopic (exact) mass is 403 g/mol. The molecular weight excluding hydrogens is 382 g/mol. The number of carboxylic acids is 1. The van der Waals surface area contributed by atoms with Gasteiger partial charge in [0.1, 0.15) is 12.2 Å². The van der Waals surface area contributed by atoms with Gasteiger partial charge in [-0.15, -0.1) is 0 Å². The lowest BCUT2D eigenvalue weighted by molar-refractivity contribution is 0.0690. The first-order valence-electron chi connectivity index (χ1n) is 9.36. The van der Waals surface area contributed by atoms with E-state index in [9.17, 15) is 15.0 Å². The summed E-state index contributed by atoms with van der Waals surface area (Å²) in [5.41, 5.74) is 1.85. The summed E-state index contributed by atoms with van der Waals surface area (Å²) in [5.74, 6) is -0.582. The summed E-state index contributed by atoms with van der Waals surface area (Å²) in [6.45, 7) is 1.73. The van der Waals surface area contributed by atoms with E-state index in [1.165, 1.54) is 19.0 Å². The zero-order valence-corrected chi connectivity index (χ0v) is 16.2. The summed E-state index contributed by atoms with van der Waals surface area (Å²) in [4.78, 5) is 22.3. The Labute approximate surface area is 167 Å². The third-order valence-corrected chi connectivity index (χ3v) is 6.05. The van der Waals surface area contributed by atoms with E-state index in [-0.39, 0.29) is 24.7 Å². The molecule has 1 aliphatic carbocycles. The molecule has 4 rings (SSSR count). The molecule has 1 saturated heterocycles. The molecule has 0 bridgehead atoms. The van der Waals surface area contributed by atoms with Gasteiger partial charge < -0.3 is 19.8 Å². The average Bonchev–Trinajstić information content (AvgIpc) is 3.45. The summed E-state index contributed by atoms with van der Waals surface area (Å²) < 4.78 is 5.72. The molecule has 2 N–H and O–H groups in total. The number of carboxylic acid groups (broad SMARTS) is 1. The standard InChI is InChI=1S/C20H22ClN3O4/c21-16-9-13(1-2-14(16)11-25)12-28-17-15(18(26)27)10-22-19(23-17)24-7-5-20(3-4-20)6-8-24/h1-2,9-10,25H,3-8,11-12H2,(H,26,27). The lowest BCUT2D eigenvalue weighted by Gasteiger charge is -2.32. The van der Waals surface area contributed by atoms with Gasteiger partial charge in [-0.3, -0.25) is 0 Å². The van der Waals surface area contributed by atoms with Crippen molar-refractivity contribution in [3.63, 3.8) is 0 Å². The Morgan fingerprint density at radius 2 is 2.00 bits per heavy atom. The van der Waals surface area contributed by atoms with Crippen molar-refractivity contribution in [2.45, 2.75) is 38.9 Å². The molecule has 2 aromatic rings. The second-order valence-corrected chi connectivity index (χ2v) is 7.96. The summed E-state index contributed by atoms with van der Waals surface area (Å²) in [5, 5.41) is 19.1. The third-order valence-electron chi connectivity index (χ3n) is 5.70. The van der Waals surface area contributed by atoms with Crippen molar-refractivity contribution in [2.24, 2.45) is 5.41 Å². The molecule has 0 atom stereocenters. The topological polar surface area (TPSA) is 95.8 Å². The highest BCUT2D eigenvalue weighted by Crippen LogP contribution is 2.53. The highest BCUT2D eigenvalue weighted by Gasteiger charge is 2.44. The molecule has 8 heteroatoms. The molecule has 28 heavy (non-hydrogen) atoms. The minimum Gasteiger partial charge on any atom is -0.477 e. The van der Waals surface area contributed by atoms with Crippen LogP contribution in [0.1, 0.15) is 47.2 Å².